The van der Waals surface area contributed by atoms with Gasteiger partial charge in [-0.25, -0.2) is 15.0 Å². The SMILES string of the molecule is CCc1nc2c(c(=O)n1C[C@H]1CCCO1)c1nc3ccccc3nc1n2-c1cccc(C(C)=O)c1. The average Bonchev–Trinajstić information content (AvgIpc) is 3.49. The monoisotopic (exact) mass is 467 g/mol. The highest BCUT2D eigenvalue weighted by molar-refractivity contribution is 6.06. The van der Waals surface area contributed by atoms with Crippen LogP contribution in [0.1, 0.15) is 42.9 Å². The van der Waals surface area contributed by atoms with Crippen LogP contribution in [0.4, 0.5) is 0 Å². The molecule has 2 aromatic carbocycles. The van der Waals surface area contributed by atoms with Gasteiger partial charge in [0, 0.05) is 24.3 Å². The smallest absolute Gasteiger partial charge is 0.265 e. The minimum atomic E-state index is -0.140. The number of hydrogen-bond acceptors (Lipinski definition) is 6. The van der Waals surface area contributed by atoms with Gasteiger partial charge in [-0.3, -0.25) is 18.7 Å². The van der Waals surface area contributed by atoms with Crippen LogP contribution in [0.5, 0.6) is 0 Å². The van der Waals surface area contributed by atoms with Crippen molar-refractivity contribution in [1.82, 2.24) is 24.1 Å². The van der Waals surface area contributed by atoms with Gasteiger partial charge in [0.1, 0.15) is 16.7 Å². The molecule has 0 saturated carbocycles. The van der Waals surface area contributed by atoms with Gasteiger partial charge in [0.25, 0.3) is 5.56 Å². The van der Waals surface area contributed by atoms with E-state index < -0.39 is 0 Å². The van der Waals surface area contributed by atoms with Crippen molar-refractivity contribution in [1.29, 1.82) is 0 Å². The highest BCUT2D eigenvalue weighted by Gasteiger charge is 2.25. The van der Waals surface area contributed by atoms with Gasteiger partial charge in [-0.2, -0.15) is 0 Å². The Bertz CT molecular complexity index is 1680. The Morgan fingerprint density at radius 1 is 1.06 bits per heavy atom. The maximum absolute atomic E-state index is 14.0. The van der Waals surface area contributed by atoms with Crippen LogP contribution in [0.15, 0.2) is 53.3 Å². The second-order valence-electron chi connectivity index (χ2n) is 8.96. The molecule has 0 unspecified atom stereocenters. The second-order valence-corrected chi connectivity index (χ2v) is 8.96. The van der Waals surface area contributed by atoms with Crippen molar-refractivity contribution in [3.63, 3.8) is 0 Å². The van der Waals surface area contributed by atoms with E-state index in [9.17, 15) is 9.59 Å². The van der Waals surface area contributed by atoms with Crippen molar-refractivity contribution in [3.8, 4) is 5.69 Å². The lowest BCUT2D eigenvalue weighted by molar-refractivity contribution is 0.0952. The molecule has 5 aromatic rings. The van der Waals surface area contributed by atoms with Crippen LogP contribution in [-0.4, -0.2) is 42.6 Å². The lowest BCUT2D eigenvalue weighted by Gasteiger charge is -2.16. The van der Waals surface area contributed by atoms with E-state index in [1.165, 1.54) is 6.92 Å². The Balaban J connectivity index is 1.73. The normalized spacial score (nSPS) is 16.0. The molecule has 1 aliphatic heterocycles. The zero-order valence-corrected chi connectivity index (χ0v) is 19.7. The summed E-state index contributed by atoms with van der Waals surface area (Å²) in [5, 5.41) is 0.432. The van der Waals surface area contributed by atoms with E-state index in [0.717, 1.165) is 25.0 Å². The lowest BCUT2D eigenvalue weighted by Crippen LogP contribution is -2.30. The summed E-state index contributed by atoms with van der Waals surface area (Å²) in [6, 6.07) is 14.9. The van der Waals surface area contributed by atoms with Crippen molar-refractivity contribution < 1.29 is 9.53 Å². The second kappa shape index (κ2) is 8.39. The van der Waals surface area contributed by atoms with Crippen LogP contribution in [0.25, 0.3) is 38.9 Å². The number of hydrogen-bond donors (Lipinski definition) is 0. The first kappa shape index (κ1) is 21.6. The number of ketones is 1. The van der Waals surface area contributed by atoms with Gasteiger partial charge in [0.15, 0.2) is 17.1 Å². The Hall–Kier alpha value is -3.91. The molecule has 6 rings (SSSR count). The van der Waals surface area contributed by atoms with Gasteiger partial charge in [-0.05, 0) is 44.0 Å². The van der Waals surface area contributed by atoms with Crippen LogP contribution in [-0.2, 0) is 17.7 Å². The molecule has 1 aliphatic rings. The first-order valence-corrected chi connectivity index (χ1v) is 12.0. The quantitative estimate of drug-likeness (QED) is 0.359. The first-order chi connectivity index (χ1) is 17.0. The van der Waals surface area contributed by atoms with Crippen LogP contribution in [0.2, 0.25) is 0 Å². The molecule has 0 bridgehead atoms. The molecular weight excluding hydrogens is 442 g/mol. The predicted molar refractivity (Wildman–Crippen MR) is 134 cm³/mol. The Morgan fingerprint density at radius 3 is 2.57 bits per heavy atom. The molecular formula is C27H25N5O3. The molecule has 176 valence electrons. The summed E-state index contributed by atoms with van der Waals surface area (Å²) in [4.78, 5) is 40.9. The first-order valence-electron chi connectivity index (χ1n) is 12.0. The van der Waals surface area contributed by atoms with Crippen molar-refractivity contribution in [3.05, 3.63) is 70.3 Å². The third kappa shape index (κ3) is 3.52. The third-order valence-electron chi connectivity index (χ3n) is 6.68. The number of Topliss-reactive ketones (excluding diaryl/α,β-unsaturated/α-hetero) is 1. The van der Waals surface area contributed by atoms with Gasteiger partial charge >= 0.3 is 0 Å². The fourth-order valence-electron chi connectivity index (χ4n) is 4.93. The van der Waals surface area contributed by atoms with Crippen LogP contribution >= 0.6 is 0 Å². The van der Waals surface area contributed by atoms with Gasteiger partial charge < -0.3 is 4.74 Å². The molecule has 8 heteroatoms. The number of ether oxygens (including phenoxy) is 1. The third-order valence-corrected chi connectivity index (χ3v) is 6.68. The maximum Gasteiger partial charge on any atom is 0.265 e. The van der Waals surface area contributed by atoms with Crippen molar-refractivity contribution >= 4 is 39.0 Å². The summed E-state index contributed by atoms with van der Waals surface area (Å²) in [5.74, 6) is 0.652. The summed E-state index contributed by atoms with van der Waals surface area (Å²) < 4.78 is 9.42. The molecule has 1 atom stereocenters. The standard InChI is InChI=1S/C27H25N5O3/c1-3-22-30-25-23(27(34)31(22)15-19-10-7-13-35-19)24-26(29-21-12-5-4-11-20(21)28-24)32(25)18-9-6-8-17(14-18)16(2)33/h4-6,8-9,11-12,14,19H,3,7,10,13,15H2,1-2H3/t19-/m1/s1. The maximum atomic E-state index is 14.0. The summed E-state index contributed by atoms with van der Waals surface area (Å²) in [6.45, 7) is 4.72. The lowest BCUT2D eigenvalue weighted by atomic mass is 10.1. The molecule has 1 saturated heterocycles. The average molecular weight is 468 g/mol. The highest BCUT2D eigenvalue weighted by Crippen LogP contribution is 2.29. The van der Waals surface area contributed by atoms with E-state index in [2.05, 4.69) is 0 Å². The Labute approximate surface area is 201 Å². The fraction of sp³-hybridized carbons (Fsp3) is 0.296. The number of carbonyl (C=O) groups excluding carboxylic acids is 1. The van der Waals surface area contributed by atoms with Gasteiger partial charge in [-0.15, -0.1) is 0 Å². The number of aryl methyl sites for hydroxylation is 1. The topological polar surface area (TPSA) is 91.9 Å². The number of carbonyl (C=O) groups is 1. The number of aromatic nitrogens is 5. The van der Waals surface area contributed by atoms with Crippen LogP contribution in [0, 0.1) is 0 Å². The van der Waals surface area contributed by atoms with E-state index in [4.69, 9.17) is 19.7 Å². The summed E-state index contributed by atoms with van der Waals surface area (Å²) in [6.07, 6.45) is 2.53. The number of fused-ring (bicyclic) bond motifs is 4. The summed E-state index contributed by atoms with van der Waals surface area (Å²) in [7, 11) is 0. The van der Waals surface area contributed by atoms with E-state index in [0.29, 0.717) is 57.8 Å². The number of nitrogens with zero attached hydrogens (tertiary/aromatic N) is 5. The minimum Gasteiger partial charge on any atom is -0.376 e. The van der Waals surface area contributed by atoms with Gasteiger partial charge in [0.2, 0.25) is 0 Å². The largest absolute Gasteiger partial charge is 0.376 e. The zero-order chi connectivity index (χ0) is 24.1. The summed E-state index contributed by atoms with van der Waals surface area (Å²) in [5.41, 5.74) is 4.14. The highest BCUT2D eigenvalue weighted by atomic mass is 16.5. The van der Waals surface area contributed by atoms with Gasteiger partial charge in [0.05, 0.1) is 23.7 Å². The number of para-hydroxylation sites is 2. The Morgan fingerprint density at radius 2 is 1.86 bits per heavy atom. The van der Waals surface area contributed by atoms with Crippen LogP contribution in [0.3, 0.4) is 0 Å². The molecule has 35 heavy (non-hydrogen) atoms. The predicted octanol–water partition coefficient (Wildman–Crippen LogP) is 4.23. The molecule has 1 fully saturated rings. The van der Waals surface area contributed by atoms with E-state index in [1.54, 1.807) is 10.6 Å². The van der Waals surface area contributed by atoms with Crippen molar-refractivity contribution in [2.75, 3.05) is 6.61 Å². The molecule has 4 heterocycles. The van der Waals surface area contributed by atoms with Crippen LogP contribution < -0.4 is 5.56 Å². The number of benzene rings is 2. The van der Waals surface area contributed by atoms with Crippen molar-refractivity contribution in [2.24, 2.45) is 0 Å². The molecule has 0 radical (unpaired) electrons. The molecule has 0 amide bonds. The molecule has 0 spiro atoms. The molecule has 0 N–H and O–H groups in total. The van der Waals surface area contributed by atoms with E-state index >= 15 is 0 Å². The van der Waals surface area contributed by atoms with Crippen molar-refractivity contribution in [2.45, 2.75) is 45.8 Å². The minimum absolute atomic E-state index is 0.00441. The number of rotatable bonds is 5. The Kier molecular flexibility index (Phi) is 5.18. The van der Waals surface area contributed by atoms with E-state index in [-0.39, 0.29) is 17.4 Å². The fourth-order valence-corrected chi connectivity index (χ4v) is 4.93. The molecule has 0 aliphatic carbocycles. The molecule has 3 aromatic heterocycles. The summed E-state index contributed by atoms with van der Waals surface area (Å²) >= 11 is 0. The zero-order valence-electron chi connectivity index (χ0n) is 19.7. The van der Waals surface area contributed by atoms with E-state index in [1.807, 2.05) is 54.0 Å². The van der Waals surface area contributed by atoms with Gasteiger partial charge in [-0.1, -0.05) is 31.2 Å². The molecule has 8 nitrogen and oxygen atoms in total.